The molecule has 0 aliphatic heterocycles. The average Bonchev–Trinajstić information content (AvgIpc) is 2.34. The van der Waals surface area contributed by atoms with E-state index >= 15 is 0 Å². The van der Waals surface area contributed by atoms with E-state index in [1.54, 1.807) is 7.11 Å². The van der Waals surface area contributed by atoms with Gasteiger partial charge in [0.1, 0.15) is 5.75 Å². The highest BCUT2D eigenvalue weighted by molar-refractivity contribution is 5.39. The second-order valence-electron chi connectivity index (χ2n) is 4.70. The van der Waals surface area contributed by atoms with Crippen molar-refractivity contribution >= 4 is 0 Å². The zero-order valence-corrected chi connectivity index (χ0v) is 11.3. The van der Waals surface area contributed by atoms with E-state index < -0.39 is 0 Å². The number of hydrogen-bond donors (Lipinski definition) is 1. The smallest absolute Gasteiger partial charge is 0.123 e. The second kappa shape index (κ2) is 7.33. The molecule has 0 aromatic heterocycles. The lowest BCUT2D eigenvalue weighted by Crippen LogP contribution is -2.11. The molecule has 2 heteroatoms. The van der Waals surface area contributed by atoms with Gasteiger partial charge in [-0.15, -0.1) is 0 Å². The summed E-state index contributed by atoms with van der Waals surface area (Å²) in [5, 5.41) is 0. The van der Waals surface area contributed by atoms with Crippen LogP contribution in [-0.4, -0.2) is 7.11 Å². The van der Waals surface area contributed by atoms with Gasteiger partial charge >= 0.3 is 0 Å². The average molecular weight is 235 g/mol. The molecule has 1 aromatic carbocycles. The highest BCUT2D eigenvalue weighted by Gasteiger charge is 2.11. The summed E-state index contributed by atoms with van der Waals surface area (Å²) < 4.78 is 5.39. The minimum absolute atomic E-state index is 0.0995. The van der Waals surface area contributed by atoms with Crippen LogP contribution in [0.15, 0.2) is 18.2 Å². The highest BCUT2D eigenvalue weighted by Crippen LogP contribution is 2.27. The number of ether oxygens (including phenoxy) is 1. The van der Waals surface area contributed by atoms with Crippen molar-refractivity contribution < 1.29 is 4.74 Å². The molecule has 0 saturated heterocycles. The molecule has 0 bridgehead atoms. The molecule has 2 N–H and O–H groups in total. The Bertz CT molecular complexity index is 336. The van der Waals surface area contributed by atoms with E-state index in [1.807, 2.05) is 0 Å². The Balaban J connectivity index is 2.58. The van der Waals surface area contributed by atoms with E-state index in [4.69, 9.17) is 10.5 Å². The number of unbranched alkanes of at least 4 members (excludes halogenated alkanes) is 3. The van der Waals surface area contributed by atoms with Crippen molar-refractivity contribution in [3.05, 3.63) is 29.3 Å². The van der Waals surface area contributed by atoms with E-state index in [1.165, 1.54) is 31.2 Å². The van der Waals surface area contributed by atoms with Gasteiger partial charge in [-0.25, -0.2) is 0 Å². The fourth-order valence-electron chi connectivity index (χ4n) is 2.07. The van der Waals surface area contributed by atoms with Gasteiger partial charge in [0.05, 0.1) is 7.11 Å². The van der Waals surface area contributed by atoms with Gasteiger partial charge in [0.15, 0.2) is 0 Å². The van der Waals surface area contributed by atoms with Crippen LogP contribution in [-0.2, 0) is 0 Å². The van der Waals surface area contributed by atoms with Gasteiger partial charge in [-0.3, -0.25) is 0 Å². The Labute approximate surface area is 105 Å². The van der Waals surface area contributed by atoms with Crippen LogP contribution < -0.4 is 10.5 Å². The fraction of sp³-hybridized carbons (Fsp3) is 0.600. The number of hydrogen-bond acceptors (Lipinski definition) is 2. The molecule has 1 aromatic rings. The third-order valence-corrected chi connectivity index (χ3v) is 3.16. The molecule has 1 atom stereocenters. The van der Waals surface area contributed by atoms with E-state index in [0.29, 0.717) is 0 Å². The van der Waals surface area contributed by atoms with Gasteiger partial charge < -0.3 is 10.5 Å². The molecular weight excluding hydrogens is 210 g/mol. The van der Waals surface area contributed by atoms with Crippen molar-refractivity contribution in [1.82, 2.24) is 0 Å². The van der Waals surface area contributed by atoms with Gasteiger partial charge in [0.2, 0.25) is 0 Å². The normalized spacial score (nSPS) is 12.5. The zero-order valence-electron chi connectivity index (χ0n) is 11.3. The topological polar surface area (TPSA) is 35.2 Å². The SMILES string of the molecule is CCCCCCC(N)c1ccc(C)cc1OC. The molecule has 0 aliphatic carbocycles. The lowest BCUT2D eigenvalue weighted by Gasteiger charge is -2.16. The van der Waals surface area contributed by atoms with Crippen molar-refractivity contribution in [2.75, 3.05) is 7.11 Å². The van der Waals surface area contributed by atoms with Crippen molar-refractivity contribution in [2.45, 2.75) is 52.0 Å². The van der Waals surface area contributed by atoms with E-state index in [9.17, 15) is 0 Å². The summed E-state index contributed by atoms with van der Waals surface area (Å²) >= 11 is 0. The summed E-state index contributed by atoms with van der Waals surface area (Å²) in [5.41, 5.74) is 8.57. The minimum Gasteiger partial charge on any atom is -0.496 e. The number of rotatable bonds is 7. The number of methoxy groups -OCH3 is 1. The lowest BCUT2D eigenvalue weighted by atomic mass is 9.99. The predicted molar refractivity (Wildman–Crippen MR) is 73.4 cm³/mol. The van der Waals surface area contributed by atoms with Crippen LogP contribution >= 0.6 is 0 Å². The maximum atomic E-state index is 6.22. The van der Waals surface area contributed by atoms with Gasteiger partial charge in [-0.1, -0.05) is 44.7 Å². The second-order valence-corrected chi connectivity index (χ2v) is 4.70. The zero-order chi connectivity index (χ0) is 12.7. The largest absolute Gasteiger partial charge is 0.496 e. The van der Waals surface area contributed by atoms with E-state index in [2.05, 4.69) is 32.0 Å². The Morgan fingerprint density at radius 1 is 1.24 bits per heavy atom. The fourth-order valence-corrected chi connectivity index (χ4v) is 2.07. The number of aryl methyl sites for hydroxylation is 1. The summed E-state index contributed by atoms with van der Waals surface area (Å²) in [7, 11) is 1.71. The lowest BCUT2D eigenvalue weighted by molar-refractivity contribution is 0.402. The van der Waals surface area contributed by atoms with Crippen molar-refractivity contribution in [3.8, 4) is 5.75 Å². The van der Waals surface area contributed by atoms with Crippen LogP contribution in [0.25, 0.3) is 0 Å². The van der Waals surface area contributed by atoms with Crippen molar-refractivity contribution in [2.24, 2.45) is 5.73 Å². The van der Waals surface area contributed by atoms with Gasteiger partial charge in [-0.05, 0) is 25.0 Å². The molecule has 0 heterocycles. The molecule has 96 valence electrons. The molecule has 2 nitrogen and oxygen atoms in total. The van der Waals surface area contributed by atoms with Crippen LogP contribution in [0.2, 0.25) is 0 Å². The Morgan fingerprint density at radius 3 is 2.65 bits per heavy atom. The molecule has 0 aliphatic rings. The maximum Gasteiger partial charge on any atom is 0.123 e. The Kier molecular flexibility index (Phi) is 6.06. The molecule has 0 spiro atoms. The molecule has 0 amide bonds. The third kappa shape index (κ3) is 4.39. The van der Waals surface area contributed by atoms with Gasteiger partial charge in [0, 0.05) is 11.6 Å². The first-order chi connectivity index (χ1) is 8.19. The molecule has 0 fully saturated rings. The molecule has 1 unspecified atom stereocenters. The third-order valence-electron chi connectivity index (χ3n) is 3.16. The van der Waals surface area contributed by atoms with Crippen LogP contribution in [0.4, 0.5) is 0 Å². The summed E-state index contributed by atoms with van der Waals surface area (Å²) in [5.74, 6) is 0.924. The first-order valence-corrected chi connectivity index (χ1v) is 6.59. The summed E-state index contributed by atoms with van der Waals surface area (Å²) in [4.78, 5) is 0. The van der Waals surface area contributed by atoms with E-state index in [0.717, 1.165) is 17.7 Å². The molecule has 17 heavy (non-hydrogen) atoms. The standard InChI is InChI=1S/C15H25NO/c1-4-5-6-7-8-14(16)13-10-9-12(2)11-15(13)17-3/h9-11,14H,4-8,16H2,1-3H3. The molecule has 1 rings (SSSR count). The highest BCUT2D eigenvalue weighted by atomic mass is 16.5. The van der Waals surface area contributed by atoms with Crippen molar-refractivity contribution in [3.63, 3.8) is 0 Å². The van der Waals surface area contributed by atoms with Crippen molar-refractivity contribution in [1.29, 1.82) is 0 Å². The summed E-state index contributed by atoms with van der Waals surface area (Å²) in [6.07, 6.45) is 6.09. The molecule has 0 radical (unpaired) electrons. The Morgan fingerprint density at radius 2 is 2.00 bits per heavy atom. The van der Waals surface area contributed by atoms with Crippen LogP contribution in [0, 0.1) is 6.92 Å². The van der Waals surface area contributed by atoms with Gasteiger partial charge in [-0.2, -0.15) is 0 Å². The Hall–Kier alpha value is -1.02. The van der Waals surface area contributed by atoms with Crippen LogP contribution in [0.3, 0.4) is 0 Å². The minimum atomic E-state index is 0.0995. The molecular formula is C15H25NO. The predicted octanol–water partition coefficient (Wildman–Crippen LogP) is 3.97. The van der Waals surface area contributed by atoms with E-state index in [-0.39, 0.29) is 6.04 Å². The van der Waals surface area contributed by atoms with Crippen LogP contribution in [0.1, 0.15) is 56.2 Å². The first-order valence-electron chi connectivity index (χ1n) is 6.59. The monoisotopic (exact) mass is 235 g/mol. The number of benzene rings is 1. The quantitative estimate of drug-likeness (QED) is 0.726. The van der Waals surface area contributed by atoms with Crippen LogP contribution in [0.5, 0.6) is 5.75 Å². The first kappa shape index (κ1) is 14.0. The molecule has 0 saturated carbocycles. The van der Waals surface area contributed by atoms with Gasteiger partial charge in [0.25, 0.3) is 0 Å². The summed E-state index contributed by atoms with van der Waals surface area (Å²) in [6.45, 7) is 4.29. The maximum absolute atomic E-state index is 6.22. The summed E-state index contributed by atoms with van der Waals surface area (Å²) in [6, 6.07) is 6.35. The number of nitrogens with two attached hydrogens (primary N) is 1.